The summed E-state index contributed by atoms with van der Waals surface area (Å²) in [4.78, 5) is 51.9. The lowest BCUT2D eigenvalue weighted by Gasteiger charge is -2.33. The van der Waals surface area contributed by atoms with Crippen LogP contribution in [0.4, 0.5) is 0 Å². The summed E-state index contributed by atoms with van der Waals surface area (Å²) in [6, 6.07) is 19.7. The number of aliphatic carboxylic acids is 1. The summed E-state index contributed by atoms with van der Waals surface area (Å²) >= 11 is 1.48. The summed E-state index contributed by atoms with van der Waals surface area (Å²) in [6.07, 6.45) is 11.3. The van der Waals surface area contributed by atoms with E-state index in [1.54, 1.807) is 4.90 Å². The summed E-state index contributed by atoms with van der Waals surface area (Å²) in [7, 11) is 0. The van der Waals surface area contributed by atoms with Crippen LogP contribution in [-0.4, -0.2) is 57.3 Å². The number of hydrogen-bond donors (Lipinski definition) is 1. The molecule has 1 fully saturated rings. The van der Waals surface area contributed by atoms with Gasteiger partial charge in [-0.15, -0.1) is 11.3 Å². The van der Waals surface area contributed by atoms with Gasteiger partial charge in [-0.3, -0.25) is 14.4 Å². The zero-order chi connectivity index (χ0) is 36.4. The summed E-state index contributed by atoms with van der Waals surface area (Å²) < 4.78 is 5.91. The van der Waals surface area contributed by atoms with Crippen LogP contribution in [0.15, 0.2) is 73.1 Å². The maximum absolute atomic E-state index is 13.9. The average molecular weight is 710 g/mol. The van der Waals surface area contributed by atoms with Gasteiger partial charge < -0.3 is 14.7 Å². The molecular weight excluding hydrogens is 659 g/mol. The average Bonchev–Trinajstić information content (AvgIpc) is 3.65. The summed E-state index contributed by atoms with van der Waals surface area (Å²) in [5.74, 6) is -0.838. The van der Waals surface area contributed by atoms with Gasteiger partial charge in [0.15, 0.2) is 11.6 Å². The number of piperidine rings is 1. The van der Waals surface area contributed by atoms with E-state index in [2.05, 4.69) is 37.7 Å². The molecule has 0 aliphatic carbocycles. The van der Waals surface area contributed by atoms with E-state index in [0.29, 0.717) is 36.5 Å². The van der Waals surface area contributed by atoms with E-state index in [9.17, 15) is 19.5 Å². The van der Waals surface area contributed by atoms with Crippen LogP contribution in [0, 0.1) is 11.8 Å². The second-order valence-corrected chi connectivity index (χ2v) is 15.8. The quantitative estimate of drug-likeness (QED) is 0.0912. The molecule has 2 atom stereocenters. The van der Waals surface area contributed by atoms with Gasteiger partial charge in [0.1, 0.15) is 5.75 Å². The number of ketones is 1. The van der Waals surface area contributed by atoms with Crippen molar-refractivity contribution < 1.29 is 24.2 Å². The van der Waals surface area contributed by atoms with Gasteiger partial charge in [-0.25, -0.2) is 9.97 Å². The second-order valence-electron chi connectivity index (χ2n) is 14.7. The molecule has 1 aliphatic heterocycles. The van der Waals surface area contributed by atoms with E-state index < -0.39 is 17.8 Å². The van der Waals surface area contributed by atoms with Gasteiger partial charge in [-0.1, -0.05) is 89.8 Å². The van der Waals surface area contributed by atoms with Crippen LogP contribution in [0.25, 0.3) is 22.5 Å². The molecular formula is C42H51N3O5S. The van der Waals surface area contributed by atoms with Crippen LogP contribution in [-0.2, 0) is 21.4 Å². The number of carboxylic acid groups (broad SMARTS) is 1. The molecule has 0 saturated carbocycles. The molecule has 2 aromatic heterocycles. The van der Waals surface area contributed by atoms with Crippen molar-refractivity contribution in [2.45, 2.75) is 90.9 Å². The largest absolute Gasteiger partial charge is 0.494 e. The molecule has 5 rings (SSSR count). The minimum atomic E-state index is -0.884. The number of hydrogen-bond acceptors (Lipinski definition) is 7. The molecule has 1 amide bonds. The van der Waals surface area contributed by atoms with Crippen LogP contribution in [0.3, 0.4) is 0 Å². The third-order valence-electron chi connectivity index (χ3n) is 9.53. The van der Waals surface area contributed by atoms with Crippen LogP contribution < -0.4 is 4.74 Å². The lowest BCUT2D eigenvalue weighted by molar-refractivity contribution is -0.146. The van der Waals surface area contributed by atoms with Gasteiger partial charge in [0.25, 0.3) is 0 Å². The van der Waals surface area contributed by atoms with Gasteiger partial charge in [0.2, 0.25) is 5.91 Å². The number of thiophene rings is 1. The van der Waals surface area contributed by atoms with Crippen molar-refractivity contribution in [1.82, 2.24) is 14.9 Å². The summed E-state index contributed by atoms with van der Waals surface area (Å²) in [5, 5.41) is 9.62. The fourth-order valence-corrected chi connectivity index (χ4v) is 7.45. The first kappa shape index (κ1) is 37.9. The third-order valence-corrected chi connectivity index (χ3v) is 11.1. The molecule has 1 N–H and O–H groups in total. The molecule has 0 radical (unpaired) electrons. The van der Waals surface area contributed by atoms with Gasteiger partial charge in [0.05, 0.1) is 17.4 Å². The Balaban J connectivity index is 1.24. The van der Waals surface area contributed by atoms with Crippen LogP contribution in [0.2, 0.25) is 0 Å². The highest BCUT2D eigenvalue weighted by atomic mass is 32.1. The van der Waals surface area contributed by atoms with Crippen molar-refractivity contribution in [3.8, 4) is 28.3 Å². The zero-order valence-corrected chi connectivity index (χ0v) is 31.2. The van der Waals surface area contributed by atoms with Crippen LogP contribution in [0.5, 0.6) is 5.75 Å². The predicted molar refractivity (Wildman–Crippen MR) is 203 cm³/mol. The Morgan fingerprint density at radius 2 is 1.59 bits per heavy atom. The molecule has 1 unspecified atom stereocenters. The second kappa shape index (κ2) is 17.7. The number of aromatic nitrogens is 2. The van der Waals surface area contributed by atoms with E-state index in [1.807, 2.05) is 73.1 Å². The molecule has 0 spiro atoms. The Morgan fingerprint density at radius 3 is 2.24 bits per heavy atom. The van der Waals surface area contributed by atoms with Gasteiger partial charge in [0, 0.05) is 53.8 Å². The highest BCUT2D eigenvalue weighted by Gasteiger charge is 2.33. The number of carbonyl (C=O) groups is 3. The highest BCUT2D eigenvalue weighted by molar-refractivity contribution is 7.14. The Kier molecular flexibility index (Phi) is 13.2. The molecule has 51 heavy (non-hydrogen) atoms. The fourth-order valence-electron chi connectivity index (χ4n) is 6.44. The van der Waals surface area contributed by atoms with Crippen LogP contribution in [0.1, 0.15) is 99.2 Å². The van der Waals surface area contributed by atoms with Crippen molar-refractivity contribution in [2.75, 3.05) is 19.7 Å². The molecule has 8 nitrogen and oxygen atoms in total. The number of nitrogens with zero attached hydrogens (tertiary/aromatic N) is 3. The Bertz CT molecular complexity index is 1740. The third kappa shape index (κ3) is 10.6. The van der Waals surface area contributed by atoms with E-state index in [-0.39, 0.29) is 30.1 Å². The first-order valence-electron chi connectivity index (χ1n) is 18.3. The lowest BCUT2D eigenvalue weighted by atomic mass is 9.90. The number of carboxylic acids is 1. The van der Waals surface area contributed by atoms with Crippen molar-refractivity contribution in [3.63, 3.8) is 0 Å². The number of carbonyl (C=O) groups excluding carboxylic acids is 2. The van der Waals surface area contributed by atoms with Crippen molar-refractivity contribution in [2.24, 2.45) is 11.8 Å². The minimum Gasteiger partial charge on any atom is -0.494 e. The minimum absolute atomic E-state index is 0.0641. The Labute approximate surface area is 306 Å². The predicted octanol–water partition coefficient (Wildman–Crippen LogP) is 9.27. The zero-order valence-electron chi connectivity index (χ0n) is 30.4. The number of Topliss-reactive ketones (excluding diaryl/α,β-unsaturated/α-hetero) is 1. The van der Waals surface area contributed by atoms with Gasteiger partial charge in [-0.05, 0) is 66.5 Å². The first-order valence-corrected chi connectivity index (χ1v) is 19.1. The van der Waals surface area contributed by atoms with Gasteiger partial charge >= 0.3 is 5.97 Å². The summed E-state index contributed by atoms with van der Waals surface area (Å²) in [6.45, 7) is 9.97. The molecule has 1 aliphatic rings. The number of likely N-dealkylation sites (tertiary alicyclic amines) is 1. The number of ether oxygens (including phenoxy) is 1. The monoisotopic (exact) mass is 709 g/mol. The van der Waals surface area contributed by atoms with Crippen LogP contribution >= 0.6 is 11.3 Å². The first-order chi connectivity index (χ1) is 24.5. The summed E-state index contributed by atoms with van der Waals surface area (Å²) in [5.41, 5.74) is 3.62. The molecule has 1 saturated heterocycles. The fraction of sp³-hybridized carbons (Fsp3) is 0.452. The Morgan fingerprint density at radius 1 is 0.902 bits per heavy atom. The maximum atomic E-state index is 13.9. The highest BCUT2D eigenvalue weighted by Crippen LogP contribution is 2.32. The van der Waals surface area contributed by atoms with E-state index in [0.717, 1.165) is 45.9 Å². The molecule has 4 aromatic rings. The number of amides is 1. The maximum Gasteiger partial charge on any atom is 0.308 e. The molecule has 270 valence electrons. The topological polar surface area (TPSA) is 110 Å². The molecule has 0 bridgehead atoms. The van der Waals surface area contributed by atoms with Crippen molar-refractivity contribution in [3.05, 3.63) is 88.4 Å². The van der Waals surface area contributed by atoms with Crippen molar-refractivity contribution >= 4 is 29.0 Å². The van der Waals surface area contributed by atoms with Gasteiger partial charge in [-0.2, -0.15) is 0 Å². The SMILES string of the molecule is CCCCCCCOc1ccc(-c2cnc(-c3ccc(C[C@H](CC(=O)c4ccc(C(C)(C)C)s4)C(=O)N4CCCC(C(=O)O)C4)cc3)nc2)cc1. The number of unbranched alkanes of at least 4 members (excludes halogenated alkanes) is 4. The van der Waals surface area contributed by atoms with E-state index >= 15 is 0 Å². The van der Waals surface area contributed by atoms with E-state index in [4.69, 9.17) is 4.74 Å². The smallest absolute Gasteiger partial charge is 0.308 e. The normalized spacial score (nSPS) is 15.4. The number of rotatable bonds is 16. The van der Waals surface area contributed by atoms with E-state index in [1.165, 1.54) is 37.0 Å². The molecule has 3 heterocycles. The lowest BCUT2D eigenvalue weighted by Crippen LogP contribution is -2.45. The standard InChI is InChI=1S/C42H51N3O5S/c1-5-6-7-8-9-23-50-35-18-16-30(17-19-35)34-26-43-39(44-27-34)31-14-12-29(13-15-31)24-33(40(47)45-22-10-11-32(28-45)41(48)49)25-36(46)37-20-21-38(51-37)42(2,3)4/h12-21,26-27,32-33H,5-11,22-25,28H2,1-4H3,(H,48,49)/t32?,33-/m1/s1. The molecule has 2 aromatic carbocycles. The number of benzene rings is 2. The Hall–Kier alpha value is -4.37. The van der Waals surface area contributed by atoms with Crippen molar-refractivity contribution in [1.29, 1.82) is 0 Å². The molecule has 9 heteroatoms.